The lowest BCUT2D eigenvalue weighted by molar-refractivity contribution is 0.0354. The highest BCUT2D eigenvalue weighted by Gasteiger charge is 2.20. The molecule has 1 aliphatic heterocycles. The summed E-state index contributed by atoms with van der Waals surface area (Å²) in [5, 5.41) is 13.4. The Kier molecular flexibility index (Phi) is 3.93. The van der Waals surface area contributed by atoms with Crippen LogP contribution in [0.4, 0.5) is 5.69 Å². The van der Waals surface area contributed by atoms with Gasteiger partial charge in [0.05, 0.1) is 5.60 Å². The van der Waals surface area contributed by atoms with Gasteiger partial charge < -0.3 is 10.4 Å². The van der Waals surface area contributed by atoms with Crippen LogP contribution in [0.15, 0.2) is 18.2 Å². The summed E-state index contributed by atoms with van der Waals surface area (Å²) in [5.74, 6) is 0. The van der Waals surface area contributed by atoms with Gasteiger partial charge in [-0.2, -0.15) is 0 Å². The van der Waals surface area contributed by atoms with Gasteiger partial charge in [0.2, 0.25) is 0 Å². The average molecular weight is 248 g/mol. The van der Waals surface area contributed by atoms with Gasteiger partial charge >= 0.3 is 0 Å². The van der Waals surface area contributed by atoms with Crippen LogP contribution < -0.4 is 5.32 Å². The number of aliphatic hydroxyl groups is 1. The molecule has 0 spiro atoms. The van der Waals surface area contributed by atoms with Gasteiger partial charge in [0.15, 0.2) is 0 Å². The zero-order chi connectivity index (χ0) is 13.2. The van der Waals surface area contributed by atoms with Gasteiger partial charge in [-0.05, 0) is 37.9 Å². The molecular weight excluding hydrogens is 224 g/mol. The molecule has 18 heavy (non-hydrogen) atoms. The Morgan fingerprint density at radius 2 is 2.17 bits per heavy atom. The number of rotatable bonds is 5. The van der Waals surface area contributed by atoms with E-state index < -0.39 is 5.60 Å². The van der Waals surface area contributed by atoms with E-state index in [2.05, 4.69) is 35.3 Å². The van der Waals surface area contributed by atoms with E-state index in [9.17, 15) is 5.11 Å². The van der Waals surface area contributed by atoms with Crippen molar-refractivity contribution in [1.29, 1.82) is 0 Å². The van der Waals surface area contributed by atoms with Crippen molar-refractivity contribution in [3.63, 3.8) is 0 Å². The minimum absolute atomic E-state index is 0.638. The molecule has 0 atom stereocenters. The number of nitrogens with zero attached hydrogens (tertiary/aromatic N) is 1. The van der Waals surface area contributed by atoms with E-state index in [-0.39, 0.29) is 0 Å². The molecular formula is C15H24N2O. The van der Waals surface area contributed by atoms with Crippen LogP contribution in [0.2, 0.25) is 0 Å². The maximum absolute atomic E-state index is 9.93. The smallest absolute Gasteiger partial charge is 0.0718 e. The van der Waals surface area contributed by atoms with Gasteiger partial charge in [0, 0.05) is 25.3 Å². The molecule has 0 unspecified atom stereocenters. The summed E-state index contributed by atoms with van der Waals surface area (Å²) in [5.41, 5.74) is 3.44. The first kappa shape index (κ1) is 13.4. The number of nitrogens with one attached hydrogen (secondary N) is 1. The topological polar surface area (TPSA) is 35.5 Å². The molecule has 0 radical (unpaired) electrons. The lowest BCUT2D eigenvalue weighted by Gasteiger charge is -2.28. The molecule has 100 valence electrons. The van der Waals surface area contributed by atoms with Crippen LogP contribution >= 0.6 is 0 Å². The number of hydrogen-bond donors (Lipinski definition) is 2. The summed E-state index contributed by atoms with van der Waals surface area (Å²) in [7, 11) is 0. The zero-order valence-corrected chi connectivity index (χ0v) is 11.7. The normalized spacial score (nSPS) is 14.7. The third-order valence-corrected chi connectivity index (χ3v) is 3.38. The highest BCUT2D eigenvalue weighted by molar-refractivity contribution is 5.61. The lowest BCUT2D eigenvalue weighted by atomic mass is 10.1. The quantitative estimate of drug-likeness (QED) is 0.839. The van der Waals surface area contributed by atoms with Crippen molar-refractivity contribution in [2.75, 3.05) is 25.0 Å². The molecule has 1 aromatic carbocycles. The molecule has 1 heterocycles. The largest absolute Gasteiger partial charge is 0.389 e. The minimum Gasteiger partial charge on any atom is -0.389 e. The Labute approximate surface area is 110 Å². The molecule has 0 aromatic heterocycles. The van der Waals surface area contributed by atoms with Gasteiger partial charge in [-0.1, -0.05) is 25.1 Å². The van der Waals surface area contributed by atoms with E-state index in [0.29, 0.717) is 6.54 Å². The Morgan fingerprint density at radius 3 is 2.83 bits per heavy atom. The Morgan fingerprint density at radius 1 is 1.39 bits per heavy atom. The molecule has 1 aliphatic rings. The molecule has 0 saturated carbocycles. The van der Waals surface area contributed by atoms with Crippen LogP contribution in [-0.2, 0) is 13.0 Å². The Hall–Kier alpha value is -1.06. The summed E-state index contributed by atoms with van der Waals surface area (Å²) in [6.45, 7) is 9.47. The first-order valence-corrected chi connectivity index (χ1v) is 6.79. The van der Waals surface area contributed by atoms with Crippen molar-refractivity contribution in [2.45, 2.75) is 39.3 Å². The van der Waals surface area contributed by atoms with E-state index in [1.54, 1.807) is 0 Å². The van der Waals surface area contributed by atoms with E-state index in [1.807, 2.05) is 13.8 Å². The summed E-state index contributed by atoms with van der Waals surface area (Å²) >= 11 is 0. The predicted octanol–water partition coefficient (Wildman–Crippen LogP) is 2.25. The third kappa shape index (κ3) is 3.24. The summed E-state index contributed by atoms with van der Waals surface area (Å²) < 4.78 is 0. The zero-order valence-electron chi connectivity index (χ0n) is 11.7. The molecule has 1 aromatic rings. The summed E-state index contributed by atoms with van der Waals surface area (Å²) in [6.07, 6.45) is 1.13. The monoisotopic (exact) mass is 248 g/mol. The van der Waals surface area contributed by atoms with Crippen molar-refractivity contribution in [1.82, 2.24) is 4.90 Å². The van der Waals surface area contributed by atoms with E-state index >= 15 is 0 Å². The van der Waals surface area contributed by atoms with Gasteiger partial charge in [-0.25, -0.2) is 0 Å². The molecule has 0 bridgehead atoms. The fourth-order valence-electron chi connectivity index (χ4n) is 2.61. The maximum atomic E-state index is 9.93. The van der Waals surface area contributed by atoms with Crippen molar-refractivity contribution >= 4 is 5.69 Å². The van der Waals surface area contributed by atoms with Crippen LogP contribution in [0.1, 0.15) is 31.9 Å². The highest BCUT2D eigenvalue weighted by Crippen LogP contribution is 2.27. The van der Waals surface area contributed by atoms with Crippen LogP contribution in [-0.4, -0.2) is 35.2 Å². The second kappa shape index (κ2) is 5.29. The standard InChI is InChI=1S/C15H24N2O/c1-4-17(11-15(2,3)18)10-13-7-5-6-12-8-9-16-14(12)13/h5-7,16,18H,4,8-11H2,1-3H3. The first-order chi connectivity index (χ1) is 8.49. The predicted molar refractivity (Wildman–Crippen MR) is 75.9 cm³/mol. The number of benzene rings is 1. The van der Waals surface area contributed by atoms with E-state index in [1.165, 1.54) is 16.8 Å². The Balaban J connectivity index is 2.11. The van der Waals surface area contributed by atoms with Gasteiger partial charge in [-0.3, -0.25) is 4.90 Å². The van der Waals surface area contributed by atoms with Gasteiger partial charge in [0.25, 0.3) is 0 Å². The molecule has 3 heteroatoms. The SMILES string of the molecule is CCN(Cc1cccc2c1NCC2)CC(C)(C)O. The molecule has 3 nitrogen and oxygen atoms in total. The van der Waals surface area contributed by atoms with Crippen molar-refractivity contribution in [2.24, 2.45) is 0 Å². The van der Waals surface area contributed by atoms with Crippen molar-refractivity contribution < 1.29 is 5.11 Å². The summed E-state index contributed by atoms with van der Waals surface area (Å²) in [4.78, 5) is 2.29. The highest BCUT2D eigenvalue weighted by atomic mass is 16.3. The second-order valence-corrected chi connectivity index (χ2v) is 5.74. The number of para-hydroxylation sites is 1. The number of anilines is 1. The van der Waals surface area contributed by atoms with E-state index in [4.69, 9.17) is 0 Å². The van der Waals surface area contributed by atoms with Crippen LogP contribution in [0.5, 0.6) is 0 Å². The maximum Gasteiger partial charge on any atom is 0.0718 e. The number of hydrogen-bond acceptors (Lipinski definition) is 3. The van der Waals surface area contributed by atoms with Crippen molar-refractivity contribution in [3.05, 3.63) is 29.3 Å². The molecule has 0 fully saturated rings. The Bertz CT molecular complexity index is 409. The number of fused-ring (bicyclic) bond motifs is 1. The average Bonchev–Trinajstić information content (AvgIpc) is 2.75. The molecule has 2 rings (SSSR count). The third-order valence-electron chi connectivity index (χ3n) is 3.38. The molecule has 2 N–H and O–H groups in total. The molecule has 0 saturated heterocycles. The van der Waals surface area contributed by atoms with Crippen LogP contribution in [0.25, 0.3) is 0 Å². The second-order valence-electron chi connectivity index (χ2n) is 5.74. The molecule has 0 amide bonds. The fraction of sp³-hybridized carbons (Fsp3) is 0.600. The minimum atomic E-state index is -0.638. The lowest BCUT2D eigenvalue weighted by Crippen LogP contribution is -2.38. The molecule has 0 aliphatic carbocycles. The first-order valence-electron chi connectivity index (χ1n) is 6.79. The number of likely N-dealkylation sites (N-methyl/N-ethyl adjacent to an activating group) is 1. The fourth-order valence-corrected chi connectivity index (χ4v) is 2.61. The van der Waals surface area contributed by atoms with Crippen LogP contribution in [0, 0.1) is 0 Å². The van der Waals surface area contributed by atoms with Crippen LogP contribution in [0.3, 0.4) is 0 Å². The summed E-state index contributed by atoms with van der Waals surface area (Å²) in [6, 6.07) is 6.52. The van der Waals surface area contributed by atoms with Gasteiger partial charge in [0.1, 0.15) is 0 Å². The van der Waals surface area contributed by atoms with E-state index in [0.717, 1.165) is 26.1 Å². The van der Waals surface area contributed by atoms with Gasteiger partial charge in [-0.15, -0.1) is 0 Å². The van der Waals surface area contributed by atoms with Crippen molar-refractivity contribution in [3.8, 4) is 0 Å².